The molecule has 0 saturated carbocycles. The minimum Gasteiger partial charge on any atom is -0.510 e. The number of hydrogen-bond acceptors (Lipinski definition) is 10. The number of piperidine rings is 1. The van der Waals surface area contributed by atoms with Crippen LogP contribution in [0.3, 0.4) is 0 Å². The Morgan fingerprint density at radius 3 is 2.52 bits per heavy atom. The number of benzene rings is 1. The molecule has 1 fully saturated rings. The van der Waals surface area contributed by atoms with Crippen LogP contribution in [0.15, 0.2) is 28.7 Å². The van der Waals surface area contributed by atoms with E-state index in [-0.39, 0.29) is 29.7 Å². The SMILES string of the molecule is COc1c(CN2CCCC[C@@H]2C)cc(O)c2c1C[C@H]1C[C@H]3[C@H](N(C)C)C(O)=C(C(N)=O)C(=O)[C@@]3(O)C(O)=C1C2=O. The van der Waals surface area contributed by atoms with Crippen molar-refractivity contribution in [3.8, 4) is 11.5 Å². The molecule has 0 aromatic heterocycles. The number of nitrogens with two attached hydrogens (primary N) is 1. The molecule has 0 spiro atoms. The molecule has 0 bridgehead atoms. The normalized spacial score (nSPS) is 30.8. The van der Waals surface area contributed by atoms with E-state index >= 15 is 0 Å². The van der Waals surface area contributed by atoms with Gasteiger partial charge in [-0.1, -0.05) is 6.42 Å². The van der Waals surface area contributed by atoms with Crippen molar-refractivity contribution in [1.82, 2.24) is 9.80 Å². The largest absolute Gasteiger partial charge is 0.510 e. The number of carbonyl (C=O) groups excluding carboxylic acids is 3. The molecule has 216 valence electrons. The van der Waals surface area contributed by atoms with Crippen LogP contribution in [0.4, 0.5) is 0 Å². The molecule has 5 atom stereocenters. The Labute approximate surface area is 232 Å². The summed E-state index contributed by atoms with van der Waals surface area (Å²) in [5, 5.41) is 45.1. The summed E-state index contributed by atoms with van der Waals surface area (Å²) in [4.78, 5) is 43.3. The monoisotopic (exact) mass is 555 g/mol. The van der Waals surface area contributed by atoms with E-state index in [1.165, 1.54) is 18.1 Å². The number of ether oxygens (including phenoxy) is 1. The van der Waals surface area contributed by atoms with Crippen molar-refractivity contribution in [2.45, 2.75) is 63.3 Å². The van der Waals surface area contributed by atoms with Crippen LogP contribution in [0.25, 0.3) is 0 Å². The third-order valence-electron chi connectivity index (χ3n) is 9.27. The Kier molecular flexibility index (Phi) is 6.96. The van der Waals surface area contributed by atoms with Gasteiger partial charge in [-0.3, -0.25) is 24.2 Å². The topological polar surface area (TPSA) is 174 Å². The molecule has 1 aromatic rings. The number of amides is 1. The molecule has 5 rings (SSSR count). The maximum Gasteiger partial charge on any atom is 0.255 e. The van der Waals surface area contributed by atoms with Gasteiger partial charge in [-0.2, -0.15) is 0 Å². The van der Waals surface area contributed by atoms with Crippen molar-refractivity contribution in [2.75, 3.05) is 27.7 Å². The lowest BCUT2D eigenvalue weighted by Gasteiger charge is -2.50. The zero-order chi connectivity index (χ0) is 29.3. The van der Waals surface area contributed by atoms with Crippen LogP contribution in [0.2, 0.25) is 0 Å². The number of rotatable bonds is 5. The van der Waals surface area contributed by atoms with Crippen LogP contribution < -0.4 is 10.5 Å². The molecule has 1 amide bonds. The molecule has 1 heterocycles. The summed E-state index contributed by atoms with van der Waals surface area (Å²) in [5.74, 6) is -6.21. The molecule has 6 N–H and O–H groups in total. The van der Waals surface area contributed by atoms with Crippen LogP contribution >= 0.6 is 0 Å². The average molecular weight is 556 g/mol. The number of phenolic OH excluding ortho intramolecular Hbond substituents is 1. The highest BCUT2D eigenvalue weighted by Gasteiger charge is 2.63. The Morgan fingerprint density at radius 1 is 1.23 bits per heavy atom. The van der Waals surface area contributed by atoms with Crippen molar-refractivity contribution in [1.29, 1.82) is 0 Å². The van der Waals surface area contributed by atoms with Gasteiger partial charge in [-0.25, -0.2) is 0 Å². The summed E-state index contributed by atoms with van der Waals surface area (Å²) in [6.45, 7) is 3.61. The highest BCUT2D eigenvalue weighted by atomic mass is 16.5. The number of fused-ring (bicyclic) bond motifs is 3. The van der Waals surface area contributed by atoms with E-state index in [1.54, 1.807) is 14.1 Å². The molecule has 40 heavy (non-hydrogen) atoms. The number of hydrogen-bond donors (Lipinski definition) is 5. The standard InChI is InChI=1S/C29H37N3O8/c1-13-7-5-6-8-32(13)12-15-11-18(33)20-16(25(15)40-4)9-14-10-17-22(31(2)3)24(35)21(28(30)38)27(37)29(17,39)26(36)19(14)23(20)34/h11,13-14,17,22,33,35-36,39H,5-10,12H2,1-4H3,(H2,30,38)/t13-,14-,17-,22-,29-/m0/s1. The number of aromatic hydroxyl groups is 1. The average Bonchev–Trinajstić information content (AvgIpc) is 2.87. The number of aliphatic hydroxyl groups is 3. The van der Waals surface area contributed by atoms with Crippen LogP contribution in [0.1, 0.15) is 54.1 Å². The highest BCUT2D eigenvalue weighted by Crippen LogP contribution is 2.53. The van der Waals surface area contributed by atoms with Crippen LogP contribution in [0.5, 0.6) is 11.5 Å². The number of ketones is 2. The zero-order valence-corrected chi connectivity index (χ0v) is 23.2. The Hall–Kier alpha value is -3.41. The van der Waals surface area contributed by atoms with Crippen molar-refractivity contribution in [3.05, 3.63) is 45.4 Å². The fraction of sp³-hybridized carbons (Fsp3) is 0.552. The fourth-order valence-electron chi connectivity index (χ4n) is 7.35. The van der Waals surface area contributed by atoms with Crippen LogP contribution in [-0.4, -0.2) is 93.1 Å². The minimum absolute atomic E-state index is 0.0308. The Bertz CT molecular complexity index is 1370. The van der Waals surface area contributed by atoms with E-state index in [0.717, 1.165) is 31.4 Å². The van der Waals surface area contributed by atoms with Gasteiger partial charge in [-0.15, -0.1) is 0 Å². The number of likely N-dealkylation sites (N-methyl/N-ethyl adjacent to an activating group) is 1. The van der Waals surface area contributed by atoms with E-state index in [1.807, 2.05) is 0 Å². The second kappa shape index (κ2) is 9.90. The molecule has 4 aliphatic rings. The smallest absolute Gasteiger partial charge is 0.255 e. The van der Waals surface area contributed by atoms with E-state index in [9.17, 15) is 34.8 Å². The molecule has 11 heteroatoms. The van der Waals surface area contributed by atoms with Gasteiger partial charge in [0.25, 0.3) is 5.91 Å². The molecular formula is C29H37N3O8. The van der Waals surface area contributed by atoms with Gasteiger partial charge >= 0.3 is 0 Å². The first-order chi connectivity index (χ1) is 18.8. The minimum atomic E-state index is -2.66. The van der Waals surface area contributed by atoms with Crippen molar-refractivity contribution < 1.29 is 39.5 Å². The lowest BCUT2D eigenvalue weighted by atomic mass is 9.58. The number of primary amides is 1. The first-order valence-corrected chi connectivity index (χ1v) is 13.6. The Morgan fingerprint density at radius 2 is 1.93 bits per heavy atom. The number of Topliss-reactive ketones (excluding diaryl/α,β-unsaturated/α-hetero) is 2. The molecule has 3 aliphatic carbocycles. The molecule has 0 radical (unpaired) electrons. The third kappa shape index (κ3) is 3.93. The number of phenols is 1. The maximum absolute atomic E-state index is 13.9. The number of aliphatic hydroxyl groups excluding tert-OH is 2. The van der Waals surface area contributed by atoms with Crippen molar-refractivity contribution in [3.63, 3.8) is 0 Å². The number of methoxy groups -OCH3 is 1. The lowest BCUT2D eigenvalue weighted by molar-refractivity contribution is -0.148. The number of allylic oxidation sites excluding steroid dienone is 1. The molecule has 0 unspecified atom stereocenters. The van der Waals surface area contributed by atoms with Gasteiger partial charge in [0.15, 0.2) is 11.4 Å². The summed E-state index contributed by atoms with van der Waals surface area (Å²) in [7, 11) is 4.71. The maximum atomic E-state index is 13.9. The quantitative estimate of drug-likeness (QED) is 0.335. The summed E-state index contributed by atoms with van der Waals surface area (Å²) in [5.41, 5.74) is 2.91. The van der Waals surface area contributed by atoms with Crippen LogP contribution in [0, 0.1) is 11.8 Å². The predicted octanol–water partition coefficient (Wildman–Crippen LogP) is 1.50. The second-order valence-corrected chi connectivity index (χ2v) is 11.7. The van der Waals surface area contributed by atoms with E-state index in [2.05, 4.69) is 11.8 Å². The second-order valence-electron chi connectivity index (χ2n) is 11.7. The first kappa shape index (κ1) is 28.1. The molecule has 1 aliphatic heterocycles. The lowest BCUT2D eigenvalue weighted by Crippen LogP contribution is -2.63. The van der Waals surface area contributed by atoms with E-state index < -0.39 is 58.0 Å². The van der Waals surface area contributed by atoms with E-state index in [4.69, 9.17) is 10.5 Å². The van der Waals surface area contributed by atoms with Crippen molar-refractivity contribution in [2.24, 2.45) is 17.6 Å². The highest BCUT2D eigenvalue weighted by molar-refractivity contribution is 6.24. The van der Waals surface area contributed by atoms with Gasteiger partial charge in [0.05, 0.1) is 18.7 Å². The summed E-state index contributed by atoms with van der Waals surface area (Å²) < 4.78 is 5.81. The fourth-order valence-corrected chi connectivity index (χ4v) is 7.35. The molecule has 1 saturated heterocycles. The Balaban J connectivity index is 1.64. The van der Waals surface area contributed by atoms with Gasteiger partial charge in [0.2, 0.25) is 5.78 Å². The number of likely N-dealkylation sites (tertiary alicyclic amines) is 1. The number of nitrogens with zero attached hydrogens (tertiary/aromatic N) is 2. The van der Waals surface area contributed by atoms with Gasteiger partial charge in [0, 0.05) is 35.2 Å². The summed E-state index contributed by atoms with van der Waals surface area (Å²) >= 11 is 0. The molecule has 11 nitrogen and oxygen atoms in total. The molecular weight excluding hydrogens is 518 g/mol. The molecule has 1 aromatic carbocycles. The van der Waals surface area contributed by atoms with Gasteiger partial charge in [0.1, 0.15) is 28.6 Å². The van der Waals surface area contributed by atoms with Gasteiger partial charge in [-0.05, 0) is 65.2 Å². The summed E-state index contributed by atoms with van der Waals surface area (Å²) in [6.07, 6.45) is 3.53. The predicted molar refractivity (Wildman–Crippen MR) is 144 cm³/mol. The number of carbonyl (C=O) groups is 3. The van der Waals surface area contributed by atoms with E-state index in [0.29, 0.717) is 23.9 Å². The zero-order valence-electron chi connectivity index (χ0n) is 23.2. The third-order valence-corrected chi connectivity index (χ3v) is 9.27. The van der Waals surface area contributed by atoms with Gasteiger partial charge < -0.3 is 30.9 Å². The van der Waals surface area contributed by atoms with Crippen LogP contribution in [-0.2, 0) is 22.6 Å². The first-order valence-electron chi connectivity index (χ1n) is 13.6. The van der Waals surface area contributed by atoms with Crippen molar-refractivity contribution >= 4 is 17.5 Å². The summed E-state index contributed by atoms with van der Waals surface area (Å²) in [6, 6.07) is 0.834.